The molecule has 3 aromatic rings. The van der Waals surface area contributed by atoms with Crippen LogP contribution in [-0.4, -0.2) is 70.6 Å². The normalized spacial score (nSPS) is 15.1. The summed E-state index contributed by atoms with van der Waals surface area (Å²) in [5.74, 6) is 1.88. The second-order valence-electron chi connectivity index (χ2n) is 10.2. The molecule has 0 radical (unpaired) electrons. The van der Waals surface area contributed by atoms with Gasteiger partial charge in [-0.15, -0.1) is 0 Å². The van der Waals surface area contributed by atoms with Crippen LogP contribution in [-0.2, 0) is 16.0 Å². The van der Waals surface area contributed by atoms with E-state index >= 15 is 0 Å². The lowest BCUT2D eigenvalue weighted by atomic mass is 9.94. The van der Waals surface area contributed by atoms with E-state index in [0.717, 1.165) is 5.56 Å². The number of rotatable bonds is 12. The third-order valence-electron chi connectivity index (χ3n) is 7.47. The molecule has 1 atom stereocenters. The number of carbonyl (C=O) groups excluding carboxylic acids is 3. The molecule has 2 aliphatic heterocycles. The number of esters is 1. The summed E-state index contributed by atoms with van der Waals surface area (Å²) in [6.07, 6.45) is 0.446. The van der Waals surface area contributed by atoms with Gasteiger partial charge in [-0.2, -0.15) is 0 Å². The average Bonchev–Trinajstić information content (AvgIpc) is 3.54. The van der Waals surface area contributed by atoms with Crippen LogP contribution >= 0.6 is 0 Å². The van der Waals surface area contributed by atoms with Crippen molar-refractivity contribution in [3.05, 3.63) is 88.6 Å². The monoisotopic (exact) mass is 617 g/mol. The zero-order valence-corrected chi connectivity index (χ0v) is 25.5. The summed E-state index contributed by atoms with van der Waals surface area (Å²) in [5, 5.41) is 5.59. The minimum atomic E-state index is -0.869. The van der Waals surface area contributed by atoms with E-state index in [0.29, 0.717) is 46.3 Å². The van der Waals surface area contributed by atoms with Crippen molar-refractivity contribution < 1.29 is 42.8 Å². The van der Waals surface area contributed by atoms with E-state index in [4.69, 9.17) is 28.4 Å². The highest BCUT2D eigenvalue weighted by Crippen LogP contribution is 2.37. The Morgan fingerprint density at radius 1 is 0.911 bits per heavy atom. The van der Waals surface area contributed by atoms with Gasteiger partial charge in [-0.3, -0.25) is 4.79 Å². The van der Waals surface area contributed by atoms with Gasteiger partial charge in [0, 0.05) is 12.1 Å². The molecular weight excluding hydrogens is 582 g/mol. The number of ether oxygens (including phenoxy) is 6. The first-order valence-electron chi connectivity index (χ1n) is 14.4. The average molecular weight is 618 g/mol. The van der Waals surface area contributed by atoms with Gasteiger partial charge in [0.2, 0.25) is 6.79 Å². The maximum absolute atomic E-state index is 14.0. The first-order chi connectivity index (χ1) is 21.8. The number of methoxy groups -OCH3 is 3. The highest BCUT2D eigenvalue weighted by Gasteiger charge is 2.36. The molecule has 0 saturated heterocycles. The Morgan fingerprint density at radius 3 is 2.38 bits per heavy atom. The van der Waals surface area contributed by atoms with Gasteiger partial charge in [-0.25, -0.2) is 9.59 Å². The molecule has 2 heterocycles. The Morgan fingerprint density at radius 2 is 1.67 bits per heavy atom. The van der Waals surface area contributed by atoms with Crippen molar-refractivity contribution in [1.82, 2.24) is 15.5 Å². The third-order valence-corrected chi connectivity index (χ3v) is 7.47. The molecule has 45 heavy (non-hydrogen) atoms. The number of nitrogens with one attached hydrogen (secondary N) is 2. The molecule has 0 unspecified atom stereocenters. The Kier molecular flexibility index (Phi) is 9.61. The van der Waals surface area contributed by atoms with Crippen LogP contribution < -0.4 is 34.3 Å². The maximum atomic E-state index is 14.0. The van der Waals surface area contributed by atoms with Gasteiger partial charge >= 0.3 is 12.0 Å². The van der Waals surface area contributed by atoms with Crippen molar-refractivity contribution in [1.29, 1.82) is 0 Å². The Hall–Kier alpha value is -5.39. The van der Waals surface area contributed by atoms with Gasteiger partial charge in [0.05, 0.1) is 51.8 Å². The van der Waals surface area contributed by atoms with Gasteiger partial charge < -0.3 is 44.0 Å². The van der Waals surface area contributed by atoms with Crippen LogP contribution in [0.4, 0.5) is 4.79 Å². The summed E-state index contributed by atoms with van der Waals surface area (Å²) in [7, 11) is 4.67. The number of urea groups is 1. The predicted octanol–water partition coefficient (Wildman–Crippen LogP) is 4.00. The van der Waals surface area contributed by atoms with Gasteiger partial charge in [0.25, 0.3) is 5.91 Å². The lowest BCUT2D eigenvalue weighted by Gasteiger charge is -2.32. The second-order valence-corrected chi connectivity index (χ2v) is 10.2. The standard InChI is InChI=1S/C33H35N3O9/c1-5-43-32(38)29-24(34-33(39)35-30(29)22-9-13-26-28(17-22)45-19-44-26)18-36(31(37)21-7-10-23(40-2)11-8-21)15-14-20-6-12-25(41-3)27(16-20)42-4/h6-13,16-17,30H,5,14-15,18-19H2,1-4H3,(H2,34,35,39)/t30-/m0/s1. The van der Waals surface area contributed by atoms with Crippen LogP contribution in [0.15, 0.2) is 71.9 Å². The van der Waals surface area contributed by atoms with Crippen LogP contribution in [0.2, 0.25) is 0 Å². The lowest BCUT2D eigenvalue weighted by Crippen LogP contribution is -2.49. The van der Waals surface area contributed by atoms with E-state index in [1.807, 2.05) is 12.1 Å². The molecule has 2 aliphatic rings. The molecule has 12 nitrogen and oxygen atoms in total. The van der Waals surface area contributed by atoms with Crippen molar-refractivity contribution in [3.63, 3.8) is 0 Å². The molecule has 3 amide bonds. The van der Waals surface area contributed by atoms with Crippen molar-refractivity contribution >= 4 is 17.9 Å². The van der Waals surface area contributed by atoms with Crippen LogP contribution in [0.3, 0.4) is 0 Å². The minimum Gasteiger partial charge on any atom is -0.497 e. The molecule has 12 heteroatoms. The van der Waals surface area contributed by atoms with Crippen LogP contribution in [0, 0.1) is 0 Å². The lowest BCUT2D eigenvalue weighted by molar-refractivity contribution is -0.139. The summed E-state index contributed by atoms with van der Waals surface area (Å²) < 4.78 is 32.5. The van der Waals surface area contributed by atoms with Crippen molar-refractivity contribution in [2.45, 2.75) is 19.4 Å². The summed E-state index contributed by atoms with van der Waals surface area (Å²) in [5.41, 5.74) is 2.32. The molecule has 236 valence electrons. The predicted molar refractivity (Wildman–Crippen MR) is 163 cm³/mol. The molecule has 5 rings (SSSR count). The van der Waals surface area contributed by atoms with Gasteiger partial charge in [-0.05, 0) is 73.0 Å². The Balaban J connectivity index is 1.52. The highest BCUT2D eigenvalue weighted by molar-refractivity contribution is 5.97. The highest BCUT2D eigenvalue weighted by atomic mass is 16.7. The first-order valence-corrected chi connectivity index (χ1v) is 14.4. The van der Waals surface area contributed by atoms with E-state index < -0.39 is 18.0 Å². The fourth-order valence-corrected chi connectivity index (χ4v) is 5.19. The largest absolute Gasteiger partial charge is 0.497 e. The van der Waals surface area contributed by atoms with Gasteiger partial charge in [0.15, 0.2) is 23.0 Å². The number of hydrogen-bond donors (Lipinski definition) is 2. The molecule has 0 spiro atoms. The molecule has 2 N–H and O–H groups in total. The number of benzene rings is 3. The molecule has 0 aliphatic carbocycles. The summed E-state index contributed by atoms with van der Waals surface area (Å²) in [6, 6.07) is 16.1. The number of nitrogens with zero attached hydrogens (tertiary/aromatic N) is 1. The van der Waals surface area contributed by atoms with Gasteiger partial charge in [0.1, 0.15) is 5.75 Å². The first kappa shape index (κ1) is 31.0. The fraction of sp³-hybridized carbons (Fsp3) is 0.303. The molecule has 0 fully saturated rings. The minimum absolute atomic E-state index is 0.0751. The SMILES string of the molecule is CCOC(=O)C1=C(CN(CCc2ccc(OC)c(OC)c2)C(=O)c2ccc(OC)cc2)NC(=O)N[C@H]1c1ccc2c(c1)OCO2. The van der Waals surface area contributed by atoms with Crippen molar-refractivity contribution in [3.8, 4) is 28.7 Å². The fourth-order valence-electron chi connectivity index (χ4n) is 5.19. The quantitative estimate of drug-likeness (QED) is 0.289. The Bertz CT molecular complexity index is 1600. The molecule has 0 aromatic heterocycles. The topological polar surface area (TPSA) is 134 Å². The summed E-state index contributed by atoms with van der Waals surface area (Å²) in [6.45, 7) is 2.06. The van der Waals surface area contributed by atoms with Crippen LogP contribution in [0.5, 0.6) is 28.7 Å². The Labute approximate surface area is 260 Å². The van der Waals surface area contributed by atoms with E-state index in [2.05, 4.69) is 10.6 Å². The van der Waals surface area contributed by atoms with E-state index in [-0.39, 0.29) is 43.7 Å². The smallest absolute Gasteiger partial charge is 0.338 e. The summed E-state index contributed by atoms with van der Waals surface area (Å²) >= 11 is 0. The van der Waals surface area contributed by atoms with Crippen LogP contribution in [0.25, 0.3) is 0 Å². The molecule has 0 saturated carbocycles. The summed E-state index contributed by atoms with van der Waals surface area (Å²) in [4.78, 5) is 42.0. The zero-order valence-electron chi connectivity index (χ0n) is 25.5. The van der Waals surface area contributed by atoms with Crippen molar-refractivity contribution in [2.75, 3.05) is 47.8 Å². The molecule has 0 bridgehead atoms. The molecular formula is C33H35N3O9. The van der Waals surface area contributed by atoms with Crippen molar-refractivity contribution in [2.24, 2.45) is 0 Å². The number of fused-ring (bicyclic) bond motifs is 1. The maximum Gasteiger partial charge on any atom is 0.338 e. The van der Waals surface area contributed by atoms with Crippen LogP contribution in [0.1, 0.15) is 34.5 Å². The van der Waals surface area contributed by atoms with Gasteiger partial charge in [-0.1, -0.05) is 12.1 Å². The number of carbonyl (C=O) groups is 3. The van der Waals surface area contributed by atoms with E-state index in [1.165, 1.54) is 0 Å². The number of hydrogen-bond acceptors (Lipinski definition) is 9. The second kappa shape index (κ2) is 13.9. The van der Waals surface area contributed by atoms with E-state index in [9.17, 15) is 14.4 Å². The number of amides is 3. The third kappa shape index (κ3) is 6.90. The molecule has 3 aromatic carbocycles. The zero-order chi connectivity index (χ0) is 31.9. The van der Waals surface area contributed by atoms with E-state index in [1.54, 1.807) is 81.7 Å².